The number of rotatable bonds is 2. The molecule has 98 valence electrons. The molecular weight excluding hydrogens is 328 g/mol. The van der Waals surface area contributed by atoms with Gasteiger partial charge in [-0.25, -0.2) is 17.4 Å². The van der Waals surface area contributed by atoms with Crippen LogP contribution >= 0.6 is 15.9 Å². The van der Waals surface area contributed by atoms with E-state index in [0.29, 0.717) is 17.0 Å². The van der Waals surface area contributed by atoms with Gasteiger partial charge in [0.1, 0.15) is 0 Å². The van der Waals surface area contributed by atoms with Crippen molar-refractivity contribution in [2.24, 2.45) is 0 Å². The summed E-state index contributed by atoms with van der Waals surface area (Å²) in [6.07, 6.45) is 9.85. The van der Waals surface area contributed by atoms with Gasteiger partial charge in [-0.15, -0.1) is 0 Å². The molecule has 19 heavy (non-hydrogen) atoms. The van der Waals surface area contributed by atoms with Crippen molar-refractivity contribution in [3.05, 3.63) is 52.1 Å². The fourth-order valence-electron chi connectivity index (χ4n) is 2.09. The lowest BCUT2D eigenvalue weighted by Gasteiger charge is -2.11. The number of hydrogen-bond donors (Lipinski definition) is 0. The van der Waals surface area contributed by atoms with Gasteiger partial charge in [0.2, 0.25) is 0 Å². The summed E-state index contributed by atoms with van der Waals surface area (Å²) in [5.41, 5.74) is 0.457. The smallest absolute Gasteiger partial charge is 0.236 e. The predicted octanol–water partition coefficient (Wildman–Crippen LogP) is 3.21. The Bertz CT molecular complexity index is 803. The van der Waals surface area contributed by atoms with Gasteiger partial charge in [0, 0.05) is 22.3 Å². The number of nitrogens with zero attached hydrogens (tertiary/aromatic N) is 2. The molecule has 3 rings (SSSR count). The molecule has 2 heterocycles. The molecule has 0 amide bonds. The second-order valence-corrected chi connectivity index (χ2v) is 7.07. The third-order valence-electron chi connectivity index (χ3n) is 3.03. The fourth-order valence-corrected chi connectivity index (χ4v) is 3.92. The highest BCUT2D eigenvalue weighted by Crippen LogP contribution is 2.25. The molecule has 6 heteroatoms. The molecule has 1 aliphatic rings. The Morgan fingerprint density at radius 1 is 1.37 bits per heavy atom. The quantitative estimate of drug-likeness (QED) is 0.844. The Morgan fingerprint density at radius 3 is 2.95 bits per heavy atom. The van der Waals surface area contributed by atoms with Crippen LogP contribution in [0.4, 0.5) is 0 Å². The highest BCUT2D eigenvalue weighted by atomic mass is 79.9. The van der Waals surface area contributed by atoms with Crippen LogP contribution in [0.15, 0.2) is 52.1 Å². The van der Waals surface area contributed by atoms with E-state index in [1.807, 2.05) is 12.1 Å². The largest absolute Gasteiger partial charge is 0.265 e. The standard InChI is InChI=1S/C13H11BrN2O2S/c14-11-8-10-6-7-16(13(10)15-9-11)19(17,18)12-4-2-1-3-5-12/h1-2,4,6-9H,3,5H2. The number of pyridine rings is 1. The molecule has 0 fully saturated rings. The Labute approximate surface area is 119 Å². The molecule has 0 atom stereocenters. The third kappa shape index (κ3) is 2.15. The van der Waals surface area contributed by atoms with Crippen molar-refractivity contribution in [1.82, 2.24) is 8.96 Å². The monoisotopic (exact) mass is 338 g/mol. The molecule has 4 nitrogen and oxygen atoms in total. The molecule has 0 saturated carbocycles. The SMILES string of the molecule is O=S(=O)(C1=CC=CCC1)n1ccc2cc(Br)cnc21. The molecule has 0 spiro atoms. The van der Waals surface area contributed by atoms with Gasteiger partial charge < -0.3 is 0 Å². The summed E-state index contributed by atoms with van der Waals surface area (Å²) in [6, 6.07) is 3.60. The van der Waals surface area contributed by atoms with Crippen LogP contribution in [0.5, 0.6) is 0 Å². The number of aromatic nitrogens is 2. The first-order valence-corrected chi connectivity index (χ1v) is 8.06. The van der Waals surface area contributed by atoms with Gasteiger partial charge in [-0.1, -0.05) is 12.2 Å². The van der Waals surface area contributed by atoms with Crippen molar-refractivity contribution >= 4 is 37.0 Å². The second kappa shape index (κ2) is 4.61. The zero-order chi connectivity index (χ0) is 13.5. The van der Waals surface area contributed by atoms with Gasteiger partial charge in [0.15, 0.2) is 5.65 Å². The third-order valence-corrected chi connectivity index (χ3v) is 5.27. The minimum Gasteiger partial charge on any atom is -0.236 e. The van der Waals surface area contributed by atoms with E-state index in [4.69, 9.17) is 0 Å². The van der Waals surface area contributed by atoms with E-state index in [2.05, 4.69) is 20.9 Å². The Hall–Kier alpha value is -1.40. The van der Waals surface area contributed by atoms with Crippen LogP contribution in [0.3, 0.4) is 0 Å². The van der Waals surface area contributed by atoms with Crippen LogP contribution in [0.1, 0.15) is 12.8 Å². The number of allylic oxidation sites excluding steroid dienone is 4. The first kappa shape index (κ1) is 12.6. The average molecular weight is 339 g/mol. The zero-order valence-electron chi connectivity index (χ0n) is 9.95. The molecule has 0 saturated heterocycles. The molecule has 2 aromatic rings. The maximum Gasteiger partial charge on any atom is 0.265 e. The van der Waals surface area contributed by atoms with E-state index in [0.717, 1.165) is 16.3 Å². The van der Waals surface area contributed by atoms with Gasteiger partial charge in [-0.3, -0.25) is 0 Å². The van der Waals surface area contributed by atoms with Crippen molar-refractivity contribution in [1.29, 1.82) is 0 Å². The maximum atomic E-state index is 12.6. The molecule has 0 aromatic carbocycles. The van der Waals surface area contributed by atoms with E-state index >= 15 is 0 Å². The Kier molecular flexibility index (Phi) is 3.06. The molecule has 0 aliphatic heterocycles. The molecule has 0 unspecified atom stereocenters. The van der Waals surface area contributed by atoms with E-state index in [1.165, 1.54) is 3.97 Å². The van der Waals surface area contributed by atoms with Crippen LogP contribution in [0.25, 0.3) is 11.0 Å². The van der Waals surface area contributed by atoms with E-state index in [1.54, 1.807) is 30.6 Å². The van der Waals surface area contributed by atoms with Crippen molar-refractivity contribution in [3.8, 4) is 0 Å². The highest BCUT2D eigenvalue weighted by Gasteiger charge is 2.22. The van der Waals surface area contributed by atoms with Crippen molar-refractivity contribution in [2.75, 3.05) is 0 Å². The Morgan fingerprint density at radius 2 is 2.21 bits per heavy atom. The lowest BCUT2D eigenvalue weighted by atomic mass is 10.2. The fraction of sp³-hybridized carbons (Fsp3) is 0.154. The van der Waals surface area contributed by atoms with Gasteiger partial charge >= 0.3 is 0 Å². The summed E-state index contributed by atoms with van der Waals surface area (Å²) < 4.78 is 27.2. The topological polar surface area (TPSA) is 52.0 Å². The van der Waals surface area contributed by atoms with E-state index in [9.17, 15) is 8.42 Å². The summed E-state index contributed by atoms with van der Waals surface area (Å²) in [5, 5.41) is 0.796. The average Bonchev–Trinajstić information content (AvgIpc) is 2.83. The normalized spacial score (nSPS) is 15.7. The van der Waals surface area contributed by atoms with Gasteiger partial charge in [0.25, 0.3) is 10.0 Å². The molecule has 0 bridgehead atoms. The van der Waals surface area contributed by atoms with Gasteiger partial charge in [-0.05, 0) is 47.0 Å². The molecule has 0 N–H and O–H groups in total. The number of hydrogen-bond acceptors (Lipinski definition) is 3. The lowest BCUT2D eigenvalue weighted by molar-refractivity contribution is 0.593. The molecule has 2 aromatic heterocycles. The van der Waals surface area contributed by atoms with Crippen LogP contribution < -0.4 is 0 Å². The second-order valence-electron chi connectivity index (χ2n) is 4.28. The van der Waals surface area contributed by atoms with Crippen LogP contribution in [0, 0.1) is 0 Å². The summed E-state index contributed by atoms with van der Waals surface area (Å²) >= 11 is 3.33. The highest BCUT2D eigenvalue weighted by molar-refractivity contribution is 9.10. The summed E-state index contributed by atoms with van der Waals surface area (Å²) in [7, 11) is -3.51. The summed E-state index contributed by atoms with van der Waals surface area (Å²) in [5.74, 6) is 0. The Balaban J connectivity index is 2.19. The lowest BCUT2D eigenvalue weighted by Crippen LogP contribution is -2.15. The van der Waals surface area contributed by atoms with E-state index < -0.39 is 10.0 Å². The van der Waals surface area contributed by atoms with Crippen LogP contribution in [0.2, 0.25) is 0 Å². The number of fused-ring (bicyclic) bond motifs is 1. The van der Waals surface area contributed by atoms with Gasteiger partial charge in [0.05, 0.1) is 4.91 Å². The summed E-state index contributed by atoms with van der Waals surface area (Å²) in [4.78, 5) is 4.62. The molecule has 0 radical (unpaired) electrons. The predicted molar refractivity (Wildman–Crippen MR) is 78.2 cm³/mol. The van der Waals surface area contributed by atoms with Crippen LogP contribution in [-0.4, -0.2) is 17.4 Å². The summed E-state index contributed by atoms with van der Waals surface area (Å²) in [6.45, 7) is 0. The van der Waals surface area contributed by atoms with Crippen LogP contribution in [-0.2, 0) is 10.0 Å². The maximum absolute atomic E-state index is 12.6. The van der Waals surface area contributed by atoms with E-state index in [-0.39, 0.29) is 0 Å². The molecular formula is C13H11BrN2O2S. The minimum atomic E-state index is -3.51. The van der Waals surface area contributed by atoms with Crippen molar-refractivity contribution in [3.63, 3.8) is 0 Å². The first-order valence-electron chi connectivity index (χ1n) is 5.83. The van der Waals surface area contributed by atoms with Crippen molar-refractivity contribution < 1.29 is 8.42 Å². The zero-order valence-corrected chi connectivity index (χ0v) is 12.4. The minimum absolute atomic E-state index is 0.428. The van der Waals surface area contributed by atoms with Gasteiger partial charge in [-0.2, -0.15) is 0 Å². The first-order chi connectivity index (χ1) is 9.09. The molecule has 1 aliphatic carbocycles. The number of halogens is 1. The van der Waals surface area contributed by atoms with Crippen molar-refractivity contribution in [2.45, 2.75) is 12.8 Å².